The number of para-hydroxylation sites is 1. The Labute approximate surface area is 126 Å². The number of aryl methyl sites for hydroxylation is 1. The lowest BCUT2D eigenvalue weighted by Crippen LogP contribution is -2.27. The highest BCUT2D eigenvalue weighted by molar-refractivity contribution is 7.18. The van der Waals surface area contributed by atoms with Crippen LogP contribution in [-0.2, 0) is 16.0 Å². The first-order valence-corrected chi connectivity index (χ1v) is 7.82. The summed E-state index contributed by atoms with van der Waals surface area (Å²) < 4.78 is 1.18. The van der Waals surface area contributed by atoms with Gasteiger partial charge in [-0.2, -0.15) is 0 Å². The molecule has 1 fully saturated rings. The Morgan fingerprint density at radius 2 is 2.14 bits per heavy atom. The van der Waals surface area contributed by atoms with E-state index in [1.807, 2.05) is 18.2 Å². The van der Waals surface area contributed by atoms with Crippen LogP contribution in [0.25, 0.3) is 10.2 Å². The fourth-order valence-corrected chi connectivity index (χ4v) is 3.38. The van der Waals surface area contributed by atoms with Crippen molar-refractivity contribution in [3.63, 3.8) is 0 Å². The SMILES string of the molecule is O=C(O)[C@H]1C[C@@H]1C(=O)NCCCc1nc2ccccc2s1. The summed E-state index contributed by atoms with van der Waals surface area (Å²) in [7, 11) is 0. The van der Waals surface area contributed by atoms with Crippen LogP contribution in [0.15, 0.2) is 24.3 Å². The molecule has 2 aromatic rings. The number of carboxylic acids is 1. The summed E-state index contributed by atoms with van der Waals surface area (Å²) in [5.41, 5.74) is 1.02. The first-order chi connectivity index (χ1) is 10.1. The maximum Gasteiger partial charge on any atom is 0.307 e. The van der Waals surface area contributed by atoms with Crippen LogP contribution in [-0.4, -0.2) is 28.5 Å². The zero-order valence-corrected chi connectivity index (χ0v) is 12.2. The number of nitrogens with zero attached hydrogens (tertiary/aromatic N) is 1. The van der Waals surface area contributed by atoms with Gasteiger partial charge in [0.15, 0.2) is 0 Å². The molecule has 21 heavy (non-hydrogen) atoms. The van der Waals surface area contributed by atoms with Crippen molar-refractivity contribution in [1.82, 2.24) is 10.3 Å². The van der Waals surface area contributed by atoms with Crippen LogP contribution in [0.3, 0.4) is 0 Å². The molecular formula is C15H16N2O3S. The van der Waals surface area contributed by atoms with E-state index >= 15 is 0 Å². The number of aromatic nitrogens is 1. The first-order valence-electron chi connectivity index (χ1n) is 7.00. The molecule has 0 unspecified atom stereocenters. The number of nitrogens with one attached hydrogen (secondary N) is 1. The Morgan fingerprint density at radius 3 is 2.86 bits per heavy atom. The molecule has 2 atom stereocenters. The third-order valence-electron chi connectivity index (χ3n) is 3.65. The normalized spacial score (nSPS) is 20.4. The van der Waals surface area contributed by atoms with Crippen LogP contribution in [0.1, 0.15) is 17.8 Å². The molecule has 0 saturated heterocycles. The van der Waals surface area contributed by atoms with Crippen LogP contribution in [0.4, 0.5) is 0 Å². The second-order valence-corrected chi connectivity index (χ2v) is 6.37. The van der Waals surface area contributed by atoms with Gasteiger partial charge < -0.3 is 10.4 Å². The second-order valence-electron chi connectivity index (χ2n) is 5.26. The van der Waals surface area contributed by atoms with Crippen molar-refractivity contribution >= 4 is 33.4 Å². The smallest absolute Gasteiger partial charge is 0.307 e. The van der Waals surface area contributed by atoms with E-state index in [1.165, 1.54) is 4.70 Å². The summed E-state index contributed by atoms with van der Waals surface area (Å²) in [6, 6.07) is 8.02. The molecule has 1 aliphatic rings. The Balaban J connectivity index is 1.42. The fourth-order valence-electron chi connectivity index (χ4n) is 2.37. The summed E-state index contributed by atoms with van der Waals surface area (Å²) in [4.78, 5) is 26.9. The van der Waals surface area contributed by atoms with Gasteiger partial charge >= 0.3 is 5.97 Å². The lowest BCUT2D eigenvalue weighted by atomic mass is 10.2. The molecule has 0 aliphatic heterocycles. The summed E-state index contributed by atoms with van der Waals surface area (Å²) in [6.45, 7) is 0.567. The van der Waals surface area contributed by atoms with Gasteiger partial charge in [0.25, 0.3) is 0 Å². The Morgan fingerprint density at radius 1 is 1.33 bits per heavy atom. The topological polar surface area (TPSA) is 79.3 Å². The van der Waals surface area contributed by atoms with Crippen LogP contribution >= 0.6 is 11.3 Å². The van der Waals surface area contributed by atoms with E-state index in [2.05, 4.69) is 16.4 Å². The molecule has 1 saturated carbocycles. The Hall–Kier alpha value is -1.95. The van der Waals surface area contributed by atoms with E-state index in [9.17, 15) is 9.59 Å². The van der Waals surface area contributed by atoms with E-state index in [0.717, 1.165) is 23.4 Å². The van der Waals surface area contributed by atoms with Gasteiger partial charge in [-0.25, -0.2) is 4.98 Å². The molecule has 0 radical (unpaired) electrons. The minimum absolute atomic E-state index is 0.133. The van der Waals surface area contributed by atoms with Crippen LogP contribution < -0.4 is 5.32 Å². The number of hydrogen-bond acceptors (Lipinski definition) is 4. The average Bonchev–Trinajstić information content (AvgIpc) is 3.17. The van der Waals surface area contributed by atoms with E-state index < -0.39 is 11.9 Å². The minimum atomic E-state index is -0.871. The van der Waals surface area contributed by atoms with Crippen molar-refractivity contribution in [1.29, 1.82) is 0 Å². The number of carbonyl (C=O) groups excluding carboxylic acids is 1. The molecule has 0 spiro atoms. The highest BCUT2D eigenvalue weighted by atomic mass is 32.1. The maximum absolute atomic E-state index is 11.7. The van der Waals surface area contributed by atoms with Crippen molar-refractivity contribution in [2.24, 2.45) is 11.8 Å². The van der Waals surface area contributed by atoms with Crippen LogP contribution in [0, 0.1) is 11.8 Å². The third kappa shape index (κ3) is 3.21. The van der Waals surface area contributed by atoms with Gasteiger partial charge in [0, 0.05) is 13.0 Å². The van der Waals surface area contributed by atoms with Gasteiger partial charge in [0.05, 0.1) is 27.1 Å². The number of benzene rings is 1. The van der Waals surface area contributed by atoms with Gasteiger partial charge in [0.2, 0.25) is 5.91 Å². The van der Waals surface area contributed by atoms with E-state index in [4.69, 9.17) is 5.11 Å². The number of amides is 1. The van der Waals surface area contributed by atoms with E-state index in [-0.39, 0.29) is 11.8 Å². The number of thiazole rings is 1. The van der Waals surface area contributed by atoms with Crippen molar-refractivity contribution < 1.29 is 14.7 Å². The molecule has 5 nitrogen and oxygen atoms in total. The Kier molecular flexibility index (Phi) is 3.88. The predicted octanol–water partition coefficient (Wildman–Crippen LogP) is 2.07. The molecule has 0 bridgehead atoms. The maximum atomic E-state index is 11.7. The minimum Gasteiger partial charge on any atom is -0.481 e. The summed E-state index contributed by atoms with van der Waals surface area (Å²) in [5.74, 6) is -1.81. The van der Waals surface area contributed by atoms with Gasteiger partial charge in [-0.3, -0.25) is 9.59 Å². The number of hydrogen-bond donors (Lipinski definition) is 2. The third-order valence-corrected chi connectivity index (χ3v) is 4.75. The standard InChI is InChI=1S/C15H16N2O3S/c18-14(9-8-10(9)15(19)20)16-7-3-6-13-17-11-4-1-2-5-12(11)21-13/h1-2,4-5,9-10H,3,6-8H2,(H,16,18)(H,19,20)/t9-,10-/m0/s1. The van der Waals surface area contributed by atoms with Gasteiger partial charge in [-0.1, -0.05) is 12.1 Å². The molecule has 3 rings (SSSR count). The highest BCUT2D eigenvalue weighted by Crippen LogP contribution is 2.38. The number of rotatable bonds is 6. The van der Waals surface area contributed by atoms with Crippen molar-refractivity contribution in [3.8, 4) is 0 Å². The van der Waals surface area contributed by atoms with Crippen LogP contribution in [0.2, 0.25) is 0 Å². The zero-order valence-electron chi connectivity index (χ0n) is 11.4. The number of carbonyl (C=O) groups is 2. The van der Waals surface area contributed by atoms with Gasteiger partial charge in [0.1, 0.15) is 0 Å². The molecule has 110 valence electrons. The van der Waals surface area contributed by atoms with Gasteiger partial charge in [-0.15, -0.1) is 11.3 Å². The molecule has 1 heterocycles. The summed E-state index contributed by atoms with van der Waals surface area (Å²) >= 11 is 1.68. The average molecular weight is 304 g/mol. The summed E-state index contributed by atoms with van der Waals surface area (Å²) in [5, 5.41) is 12.7. The lowest BCUT2D eigenvalue weighted by molar-refractivity contribution is -0.140. The lowest BCUT2D eigenvalue weighted by Gasteiger charge is -2.02. The van der Waals surface area contributed by atoms with Crippen molar-refractivity contribution in [3.05, 3.63) is 29.3 Å². The number of carboxylic acid groups (broad SMARTS) is 1. The molecule has 1 aromatic carbocycles. The van der Waals surface area contributed by atoms with E-state index in [0.29, 0.717) is 13.0 Å². The van der Waals surface area contributed by atoms with Gasteiger partial charge in [-0.05, 0) is 25.0 Å². The summed E-state index contributed by atoms with van der Waals surface area (Å²) in [6.07, 6.45) is 2.11. The molecule has 1 aromatic heterocycles. The molecule has 6 heteroatoms. The molecule has 1 amide bonds. The molecule has 1 aliphatic carbocycles. The van der Waals surface area contributed by atoms with E-state index in [1.54, 1.807) is 11.3 Å². The second kappa shape index (κ2) is 5.81. The highest BCUT2D eigenvalue weighted by Gasteiger charge is 2.48. The monoisotopic (exact) mass is 304 g/mol. The van der Waals surface area contributed by atoms with Crippen LogP contribution in [0.5, 0.6) is 0 Å². The Bertz CT molecular complexity index is 649. The molecule has 2 N–H and O–H groups in total. The van der Waals surface area contributed by atoms with Crippen molar-refractivity contribution in [2.45, 2.75) is 19.3 Å². The quantitative estimate of drug-likeness (QED) is 0.801. The first kappa shape index (κ1) is 14.0. The largest absolute Gasteiger partial charge is 0.481 e. The number of aliphatic carboxylic acids is 1. The van der Waals surface area contributed by atoms with Crippen molar-refractivity contribution in [2.75, 3.05) is 6.54 Å². The molecular weight excluding hydrogens is 288 g/mol. The fraction of sp³-hybridized carbons (Fsp3) is 0.400. The zero-order chi connectivity index (χ0) is 14.8. The predicted molar refractivity (Wildman–Crippen MR) is 80.2 cm³/mol. The number of fused-ring (bicyclic) bond motifs is 1.